The number of thioether (sulfide) groups is 1. The van der Waals surface area contributed by atoms with E-state index in [1.54, 1.807) is 0 Å². The van der Waals surface area contributed by atoms with Gasteiger partial charge in [0.05, 0.1) is 6.42 Å². The molecule has 0 aromatic rings. The highest BCUT2D eigenvalue weighted by Gasteiger charge is 2.62. The molecule has 7 heteroatoms. The van der Waals surface area contributed by atoms with Crippen molar-refractivity contribution >= 4 is 32.0 Å². The van der Waals surface area contributed by atoms with Gasteiger partial charge in [0.2, 0.25) is 5.91 Å². The van der Waals surface area contributed by atoms with Gasteiger partial charge in [-0.25, -0.2) is 4.79 Å². The minimum atomic E-state index is -1.92. The highest BCUT2D eigenvalue weighted by molar-refractivity contribution is 8.04. The number of rotatable bonds is 7. The first-order valence-corrected chi connectivity index (χ1v) is 11.4. The molecule has 5 nitrogen and oxygen atoms in total. The second-order valence-corrected chi connectivity index (χ2v) is 11.7. The standard InChI is InChI=1S/C14H23NO4SSi/c1-5-7-8-21(3,4)19-14-9-11(16)15(14)12(13(17)18)10(6-2)20-14/h5-9H2,1-4H3,(H,17,18)/t14-/m1/s1. The van der Waals surface area contributed by atoms with E-state index in [1.807, 2.05) is 6.92 Å². The lowest BCUT2D eigenvalue weighted by Crippen LogP contribution is -2.63. The van der Waals surface area contributed by atoms with Crippen LogP contribution in [0.1, 0.15) is 39.5 Å². The van der Waals surface area contributed by atoms with E-state index in [9.17, 15) is 14.7 Å². The summed E-state index contributed by atoms with van der Waals surface area (Å²) in [6.45, 7) is 8.34. The number of unbranched alkanes of at least 4 members (excludes halogenated alkanes) is 1. The average molecular weight is 329 g/mol. The van der Waals surface area contributed by atoms with Gasteiger partial charge in [0.1, 0.15) is 5.70 Å². The molecule has 0 aromatic carbocycles. The normalized spacial score (nSPS) is 25.1. The van der Waals surface area contributed by atoms with E-state index in [2.05, 4.69) is 20.0 Å². The highest BCUT2D eigenvalue weighted by Crippen LogP contribution is 2.57. The van der Waals surface area contributed by atoms with Gasteiger partial charge in [0.15, 0.2) is 13.4 Å². The quantitative estimate of drug-likeness (QED) is 0.573. The zero-order valence-electron chi connectivity index (χ0n) is 13.1. The van der Waals surface area contributed by atoms with E-state index in [-0.39, 0.29) is 18.0 Å². The zero-order chi connectivity index (χ0) is 15.8. The molecule has 0 spiro atoms. The van der Waals surface area contributed by atoms with Gasteiger partial charge in [-0.05, 0) is 25.6 Å². The van der Waals surface area contributed by atoms with E-state index in [4.69, 9.17) is 4.43 Å². The Bertz CT molecular complexity index is 505. The van der Waals surface area contributed by atoms with Crippen molar-refractivity contribution in [3.8, 4) is 0 Å². The number of carbonyl (C=O) groups excluding carboxylic acids is 1. The fraction of sp³-hybridized carbons (Fsp3) is 0.714. The summed E-state index contributed by atoms with van der Waals surface area (Å²) in [5, 5.41) is 8.62. The maximum absolute atomic E-state index is 11.9. The van der Waals surface area contributed by atoms with Crippen molar-refractivity contribution in [1.82, 2.24) is 4.90 Å². The lowest BCUT2D eigenvalue weighted by atomic mass is 10.1. The van der Waals surface area contributed by atoms with Gasteiger partial charge < -0.3 is 9.53 Å². The van der Waals surface area contributed by atoms with Gasteiger partial charge in [0.25, 0.3) is 0 Å². The maximum atomic E-state index is 11.9. The molecule has 2 aliphatic rings. The number of allylic oxidation sites excluding steroid dienone is 1. The molecule has 0 radical (unpaired) electrons. The molecule has 0 unspecified atom stereocenters. The summed E-state index contributed by atoms with van der Waals surface area (Å²) in [4.78, 5) is 25.5. The van der Waals surface area contributed by atoms with Gasteiger partial charge in [-0.1, -0.05) is 38.5 Å². The van der Waals surface area contributed by atoms with Crippen molar-refractivity contribution < 1.29 is 19.1 Å². The predicted molar refractivity (Wildman–Crippen MR) is 85.0 cm³/mol. The molecular weight excluding hydrogens is 306 g/mol. The number of β-lactam (4-membered cyclic amide) rings is 1. The summed E-state index contributed by atoms with van der Waals surface area (Å²) >= 11 is 1.42. The van der Waals surface area contributed by atoms with Crippen LogP contribution in [-0.4, -0.2) is 35.3 Å². The Kier molecular flexibility index (Phi) is 4.56. The zero-order valence-corrected chi connectivity index (χ0v) is 14.9. The fourth-order valence-electron chi connectivity index (χ4n) is 2.83. The number of amides is 1. The van der Waals surface area contributed by atoms with E-state index >= 15 is 0 Å². The molecule has 1 fully saturated rings. The van der Waals surface area contributed by atoms with Crippen molar-refractivity contribution in [2.45, 2.75) is 63.7 Å². The highest BCUT2D eigenvalue weighted by atomic mass is 32.2. The minimum Gasteiger partial charge on any atom is -0.477 e. The number of nitrogens with zero attached hydrogens (tertiary/aromatic N) is 1. The van der Waals surface area contributed by atoms with Crippen LogP contribution >= 0.6 is 11.8 Å². The first-order chi connectivity index (χ1) is 9.76. The van der Waals surface area contributed by atoms with Crippen LogP contribution in [0.5, 0.6) is 0 Å². The van der Waals surface area contributed by atoms with Crippen LogP contribution in [0.4, 0.5) is 0 Å². The Hall–Kier alpha value is -0.793. The average Bonchev–Trinajstić information content (AvgIpc) is 2.64. The molecule has 1 N–H and O–H groups in total. The Morgan fingerprint density at radius 1 is 1.48 bits per heavy atom. The Morgan fingerprint density at radius 3 is 2.62 bits per heavy atom. The largest absolute Gasteiger partial charge is 0.477 e. The third kappa shape index (κ3) is 2.91. The van der Waals surface area contributed by atoms with E-state index in [0.29, 0.717) is 6.42 Å². The number of carbonyl (C=O) groups is 2. The van der Waals surface area contributed by atoms with E-state index in [1.165, 1.54) is 16.7 Å². The molecule has 2 rings (SSSR count). The van der Waals surface area contributed by atoms with Crippen molar-refractivity contribution in [2.24, 2.45) is 0 Å². The number of hydrogen-bond acceptors (Lipinski definition) is 4. The van der Waals surface area contributed by atoms with Crippen LogP contribution in [-0.2, 0) is 14.0 Å². The second kappa shape index (κ2) is 5.77. The molecule has 1 saturated heterocycles. The number of aliphatic carboxylic acids is 1. The van der Waals surface area contributed by atoms with Crippen LogP contribution in [0, 0.1) is 0 Å². The van der Waals surface area contributed by atoms with E-state index < -0.39 is 19.3 Å². The van der Waals surface area contributed by atoms with Gasteiger partial charge in [-0.3, -0.25) is 9.69 Å². The Balaban J connectivity index is 2.22. The molecule has 0 saturated carbocycles. The molecule has 2 aliphatic heterocycles. The van der Waals surface area contributed by atoms with Crippen LogP contribution in [0.15, 0.2) is 10.6 Å². The van der Waals surface area contributed by atoms with Gasteiger partial charge >= 0.3 is 5.97 Å². The second-order valence-electron chi connectivity index (χ2n) is 6.12. The molecule has 1 amide bonds. The first kappa shape index (κ1) is 16.6. The molecule has 21 heavy (non-hydrogen) atoms. The van der Waals surface area contributed by atoms with E-state index in [0.717, 1.165) is 23.8 Å². The number of carboxylic acid groups (broad SMARTS) is 1. The Morgan fingerprint density at radius 2 is 2.14 bits per heavy atom. The van der Waals surface area contributed by atoms with Crippen molar-refractivity contribution in [3.63, 3.8) is 0 Å². The number of carboxylic acids is 1. The summed E-state index contributed by atoms with van der Waals surface area (Å²) in [7, 11) is -1.92. The van der Waals surface area contributed by atoms with Crippen LogP contribution in [0.25, 0.3) is 0 Å². The maximum Gasteiger partial charge on any atom is 0.353 e. The fourth-order valence-corrected chi connectivity index (χ4v) is 7.29. The summed E-state index contributed by atoms with van der Waals surface area (Å²) in [6, 6.07) is 1.03. The third-order valence-electron chi connectivity index (χ3n) is 3.83. The third-order valence-corrected chi connectivity index (χ3v) is 7.88. The predicted octanol–water partition coefficient (Wildman–Crippen LogP) is 3.35. The van der Waals surface area contributed by atoms with Gasteiger partial charge in [-0.2, -0.15) is 0 Å². The van der Waals surface area contributed by atoms with Crippen LogP contribution in [0.2, 0.25) is 19.1 Å². The van der Waals surface area contributed by atoms with Crippen molar-refractivity contribution in [3.05, 3.63) is 10.6 Å². The first-order valence-electron chi connectivity index (χ1n) is 7.45. The summed E-state index contributed by atoms with van der Waals surface area (Å²) < 4.78 is 6.37. The smallest absolute Gasteiger partial charge is 0.353 e. The van der Waals surface area contributed by atoms with Crippen molar-refractivity contribution in [1.29, 1.82) is 0 Å². The summed E-state index contributed by atoms with van der Waals surface area (Å²) in [5.74, 6) is -1.19. The molecule has 0 bridgehead atoms. The number of fused-ring (bicyclic) bond motifs is 1. The molecular formula is C14H23NO4SSi. The molecule has 2 heterocycles. The molecule has 0 aliphatic carbocycles. The Labute approximate surface area is 130 Å². The molecule has 1 atom stereocenters. The van der Waals surface area contributed by atoms with Crippen molar-refractivity contribution in [2.75, 3.05) is 0 Å². The monoisotopic (exact) mass is 329 g/mol. The topological polar surface area (TPSA) is 66.8 Å². The van der Waals surface area contributed by atoms with Gasteiger partial charge in [0, 0.05) is 4.91 Å². The number of hydrogen-bond donors (Lipinski definition) is 1. The lowest BCUT2D eigenvalue weighted by Gasteiger charge is -2.49. The molecule has 0 aromatic heterocycles. The lowest BCUT2D eigenvalue weighted by molar-refractivity contribution is -0.166. The molecule has 118 valence electrons. The SMILES string of the molecule is CCCC[Si](C)(C)O[C@@]12CC(=O)N1C(C(=O)O)=C(CC)S2. The summed E-state index contributed by atoms with van der Waals surface area (Å²) in [6.07, 6.45) is 3.10. The van der Waals surface area contributed by atoms with Crippen LogP contribution < -0.4 is 0 Å². The summed E-state index contributed by atoms with van der Waals surface area (Å²) in [5.41, 5.74) is 0.124. The van der Waals surface area contributed by atoms with Gasteiger partial charge in [-0.15, -0.1) is 0 Å². The minimum absolute atomic E-state index is 0.124. The van der Waals surface area contributed by atoms with Crippen LogP contribution in [0.3, 0.4) is 0 Å².